The van der Waals surface area contributed by atoms with Crippen molar-refractivity contribution in [2.75, 3.05) is 0 Å². The van der Waals surface area contributed by atoms with Gasteiger partial charge in [-0.2, -0.15) is 0 Å². The number of imidazole rings is 1. The summed E-state index contributed by atoms with van der Waals surface area (Å²) >= 11 is 0. The second kappa shape index (κ2) is 11.0. The topological polar surface area (TPSA) is 40.6 Å². The number of hydrogen-bond acceptors (Lipinski definition) is 2. The maximum absolute atomic E-state index is 16.7. The first-order valence-electron chi connectivity index (χ1n) is 16.8. The Bertz CT molecular complexity index is 2900. The van der Waals surface area contributed by atoms with E-state index in [1.54, 1.807) is 6.20 Å². The molecular weight excluding hydrogens is 618 g/mol. The van der Waals surface area contributed by atoms with Crippen molar-refractivity contribution in [2.45, 2.75) is 6.17 Å². The number of pyridine rings is 1. The van der Waals surface area contributed by atoms with Crippen molar-refractivity contribution >= 4 is 54.6 Å². The molecular formula is C44H30FN5. The maximum Gasteiger partial charge on any atom is 0.150 e. The van der Waals surface area contributed by atoms with Gasteiger partial charge in [-0.05, 0) is 77.9 Å². The van der Waals surface area contributed by atoms with Gasteiger partial charge in [0, 0.05) is 46.0 Å². The van der Waals surface area contributed by atoms with Gasteiger partial charge in [-0.25, -0.2) is 14.4 Å². The zero-order valence-corrected chi connectivity index (χ0v) is 27.2. The van der Waals surface area contributed by atoms with Crippen LogP contribution in [0.25, 0.3) is 77.5 Å². The van der Waals surface area contributed by atoms with Crippen LogP contribution < -0.4 is 0 Å². The van der Waals surface area contributed by atoms with Crippen LogP contribution in [-0.2, 0) is 7.05 Å². The van der Waals surface area contributed by atoms with Crippen LogP contribution in [0.4, 0.5) is 4.39 Å². The zero-order chi connectivity index (χ0) is 33.3. The Morgan fingerprint density at radius 2 is 1.20 bits per heavy atom. The third kappa shape index (κ3) is 4.25. The van der Waals surface area contributed by atoms with E-state index in [4.69, 9.17) is 9.97 Å². The summed E-state index contributed by atoms with van der Waals surface area (Å²) in [5, 5.41) is 4.46. The van der Waals surface area contributed by atoms with Crippen LogP contribution >= 0.6 is 0 Å². The molecule has 6 aromatic carbocycles. The number of hydrogen-bond donors (Lipinski definition) is 0. The van der Waals surface area contributed by atoms with Gasteiger partial charge >= 0.3 is 0 Å². The summed E-state index contributed by atoms with van der Waals surface area (Å²) in [7, 11) is 2.00. The number of para-hydroxylation sites is 4. The number of nitrogens with zero attached hydrogens (tertiary/aromatic N) is 5. The monoisotopic (exact) mass is 647 g/mol. The van der Waals surface area contributed by atoms with Gasteiger partial charge in [0.15, 0.2) is 6.17 Å². The standard InChI is InChI=1S/C44H30FN5/c1-48-38-19-8-6-17-36(38)47-44(48)30-13-11-12-28(24-30)43(45)29-21-22-33-35-26-40-34(27-41(35)50(39(33)25-29)42-20-9-10-23-46-42)32-16-5-7-18-37(32)49(40)31-14-3-2-4-15-31/h2-27,43H,1H3. The second-order valence-electron chi connectivity index (χ2n) is 12.8. The summed E-state index contributed by atoms with van der Waals surface area (Å²) in [6.07, 6.45) is 0.468. The minimum atomic E-state index is -1.34. The largest absolute Gasteiger partial charge is 0.327 e. The molecule has 4 heterocycles. The van der Waals surface area contributed by atoms with Crippen molar-refractivity contribution < 1.29 is 4.39 Å². The van der Waals surface area contributed by atoms with E-state index in [-0.39, 0.29) is 0 Å². The van der Waals surface area contributed by atoms with Crippen molar-refractivity contribution in [1.82, 2.24) is 23.7 Å². The summed E-state index contributed by atoms with van der Waals surface area (Å²) in [5.74, 6) is 1.60. The molecule has 0 saturated heterocycles. The Morgan fingerprint density at radius 3 is 2.00 bits per heavy atom. The number of aromatic nitrogens is 5. The van der Waals surface area contributed by atoms with Gasteiger partial charge < -0.3 is 9.13 Å². The lowest BCUT2D eigenvalue weighted by Gasteiger charge is -2.12. The molecule has 0 spiro atoms. The highest BCUT2D eigenvalue weighted by Crippen LogP contribution is 2.41. The van der Waals surface area contributed by atoms with Crippen molar-refractivity contribution in [1.29, 1.82) is 0 Å². The van der Waals surface area contributed by atoms with Crippen molar-refractivity contribution in [3.8, 4) is 22.9 Å². The molecule has 6 heteroatoms. The second-order valence-corrected chi connectivity index (χ2v) is 12.8. The van der Waals surface area contributed by atoms with Crippen LogP contribution in [-0.4, -0.2) is 23.7 Å². The molecule has 0 aliphatic carbocycles. The zero-order valence-electron chi connectivity index (χ0n) is 27.2. The predicted octanol–water partition coefficient (Wildman–Crippen LogP) is 10.9. The fourth-order valence-electron chi connectivity index (χ4n) is 7.67. The molecule has 0 fully saturated rings. The summed E-state index contributed by atoms with van der Waals surface area (Å²) in [5.41, 5.74) is 9.33. The molecule has 10 rings (SSSR count). The van der Waals surface area contributed by atoms with E-state index >= 15 is 4.39 Å². The van der Waals surface area contributed by atoms with Gasteiger partial charge in [-0.3, -0.25) is 4.57 Å². The van der Waals surface area contributed by atoms with Crippen molar-refractivity contribution in [3.63, 3.8) is 0 Å². The van der Waals surface area contributed by atoms with E-state index in [1.807, 2.05) is 85.9 Å². The molecule has 50 heavy (non-hydrogen) atoms. The van der Waals surface area contributed by atoms with E-state index in [9.17, 15) is 0 Å². The minimum Gasteiger partial charge on any atom is -0.327 e. The molecule has 10 aromatic rings. The summed E-state index contributed by atoms with van der Waals surface area (Å²) in [6.45, 7) is 0. The first-order chi connectivity index (χ1) is 24.6. The molecule has 0 N–H and O–H groups in total. The molecule has 238 valence electrons. The van der Waals surface area contributed by atoms with Crippen LogP contribution in [0.1, 0.15) is 17.3 Å². The van der Waals surface area contributed by atoms with Crippen LogP contribution in [0.3, 0.4) is 0 Å². The molecule has 0 aliphatic rings. The molecule has 1 unspecified atom stereocenters. The number of benzene rings is 6. The van der Waals surface area contributed by atoms with Crippen molar-refractivity contribution in [2.24, 2.45) is 7.05 Å². The molecule has 0 saturated carbocycles. The van der Waals surface area contributed by atoms with E-state index < -0.39 is 6.17 Å². The molecule has 1 atom stereocenters. The number of halogens is 1. The lowest BCUT2D eigenvalue weighted by molar-refractivity contribution is 0.402. The van der Waals surface area contributed by atoms with Gasteiger partial charge in [-0.1, -0.05) is 84.9 Å². The average Bonchev–Trinajstić information content (AvgIpc) is 3.80. The number of rotatable bonds is 5. The lowest BCUT2D eigenvalue weighted by Crippen LogP contribution is -1.99. The van der Waals surface area contributed by atoms with Gasteiger partial charge in [0.1, 0.15) is 11.6 Å². The minimum absolute atomic E-state index is 0.587. The Labute approximate surface area is 287 Å². The van der Waals surface area contributed by atoms with Crippen molar-refractivity contribution in [3.05, 3.63) is 169 Å². The van der Waals surface area contributed by atoms with E-state index in [0.29, 0.717) is 11.1 Å². The summed E-state index contributed by atoms with van der Waals surface area (Å²) < 4.78 is 23.3. The normalized spacial score (nSPS) is 12.5. The highest BCUT2D eigenvalue weighted by molar-refractivity contribution is 6.19. The van der Waals surface area contributed by atoms with Crippen LogP contribution in [0.5, 0.6) is 0 Å². The van der Waals surface area contributed by atoms with Gasteiger partial charge in [0.2, 0.25) is 0 Å². The summed E-state index contributed by atoms with van der Waals surface area (Å²) in [4.78, 5) is 9.63. The molecule has 0 radical (unpaired) electrons. The third-order valence-corrected chi connectivity index (χ3v) is 9.99. The molecule has 0 aliphatic heterocycles. The Balaban J connectivity index is 1.18. The van der Waals surface area contributed by atoms with E-state index in [0.717, 1.165) is 72.2 Å². The van der Waals surface area contributed by atoms with Gasteiger partial charge in [0.05, 0.1) is 33.1 Å². The molecule has 4 aromatic heterocycles. The Kier molecular flexibility index (Phi) is 6.27. The highest BCUT2D eigenvalue weighted by atomic mass is 19.1. The van der Waals surface area contributed by atoms with E-state index in [1.165, 1.54) is 5.39 Å². The van der Waals surface area contributed by atoms with Gasteiger partial charge in [-0.15, -0.1) is 0 Å². The van der Waals surface area contributed by atoms with Crippen LogP contribution in [0.15, 0.2) is 158 Å². The summed E-state index contributed by atoms with van der Waals surface area (Å²) in [6, 6.07) is 51.2. The lowest BCUT2D eigenvalue weighted by atomic mass is 9.99. The smallest absolute Gasteiger partial charge is 0.150 e. The molecule has 0 bridgehead atoms. The van der Waals surface area contributed by atoms with Gasteiger partial charge in [0.25, 0.3) is 0 Å². The van der Waals surface area contributed by atoms with Crippen LogP contribution in [0, 0.1) is 0 Å². The maximum atomic E-state index is 16.7. The first kappa shape index (κ1) is 28.5. The Hall–Kier alpha value is -6.53. The average molecular weight is 648 g/mol. The number of fused-ring (bicyclic) bond motifs is 7. The van der Waals surface area contributed by atoms with E-state index in [2.05, 4.69) is 86.5 Å². The SMILES string of the molecule is Cn1c(-c2cccc(C(F)c3ccc4c5cc6c(cc5n(-c5ccccn5)c4c3)c3ccccc3n6-c3ccccc3)c2)nc2ccccc21. The number of aryl methyl sites for hydroxylation is 1. The Morgan fingerprint density at radius 1 is 0.520 bits per heavy atom. The highest BCUT2D eigenvalue weighted by Gasteiger charge is 2.22. The number of alkyl halides is 1. The fourth-order valence-corrected chi connectivity index (χ4v) is 7.67. The third-order valence-electron chi connectivity index (χ3n) is 9.99. The van der Waals surface area contributed by atoms with Crippen LogP contribution in [0.2, 0.25) is 0 Å². The fraction of sp³-hybridized carbons (Fsp3) is 0.0455. The molecule has 5 nitrogen and oxygen atoms in total. The first-order valence-corrected chi connectivity index (χ1v) is 16.8. The molecule has 0 amide bonds. The predicted molar refractivity (Wildman–Crippen MR) is 202 cm³/mol. The quantitative estimate of drug-likeness (QED) is 0.187.